The molecule has 82 valence electrons. The van der Waals surface area contributed by atoms with Crippen LogP contribution in [0.5, 0.6) is 0 Å². The van der Waals surface area contributed by atoms with Gasteiger partial charge < -0.3 is 4.98 Å². The highest BCUT2D eigenvalue weighted by Crippen LogP contribution is 2.16. The van der Waals surface area contributed by atoms with Gasteiger partial charge in [-0.2, -0.15) is 0 Å². The molecule has 0 bridgehead atoms. The van der Waals surface area contributed by atoms with Gasteiger partial charge in [-0.25, -0.2) is 4.98 Å². The van der Waals surface area contributed by atoms with E-state index in [9.17, 15) is 4.79 Å². The molecule has 0 amide bonds. The molecule has 2 aromatic rings. The van der Waals surface area contributed by atoms with Gasteiger partial charge in [0.25, 0.3) is 5.56 Å². The van der Waals surface area contributed by atoms with E-state index in [4.69, 9.17) is 0 Å². The number of hydrogen-bond acceptors (Lipinski definition) is 2. The second-order valence-corrected chi connectivity index (χ2v) is 3.74. The van der Waals surface area contributed by atoms with Gasteiger partial charge >= 0.3 is 0 Å². The highest BCUT2D eigenvalue weighted by atomic mass is 16.1. The van der Waals surface area contributed by atoms with Crippen LogP contribution in [0.3, 0.4) is 0 Å². The van der Waals surface area contributed by atoms with Crippen LogP contribution in [0.1, 0.15) is 18.9 Å². The van der Waals surface area contributed by atoms with Gasteiger partial charge in [-0.05, 0) is 12.0 Å². The van der Waals surface area contributed by atoms with E-state index in [2.05, 4.69) is 29.0 Å². The van der Waals surface area contributed by atoms with Crippen molar-refractivity contribution in [2.45, 2.75) is 19.8 Å². The number of benzene rings is 1. The first-order chi connectivity index (χ1) is 7.79. The van der Waals surface area contributed by atoms with Gasteiger partial charge in [0.15, 0.2) is 0 Å². The molecule has 1 N–H and O–H groups in total. The number of aryl methyl sites for hydroxylation is 1. The van der Waals surface area contributed by atoms with E-state index in [0.717, 1.165) is 24.1 Å². The molecule has 1 heterocycles. The molecular formula is C13H14N2O. The second-order valence-electron chi connectivity index (χ2n) is 3.74. The molecule has 3 nitrogen and oxygen atoms in total. The fourth-order valence-electron chi connectivity index (χ4n) is 1.63. The summed E-state index contributed by atoms with van der Waals surface area (Å²) in [5.41, 5.74) is 2.97. The largest absolute Gasteiger partial charge is 0.326 e. The molecule has 1 aromatic heterocycles. The minimum absolute atomic E-state index is 0.175. The molecule has 0 aliphatic rings. The van der Waals surface area contributed by atoms with Crippen molar-refractivity contribution in [3.63, 3.8) is 0 Å². The van der Waals surface area contributed by atoms with Crippen LogP contribution in [0.15, 0.2) is 41.5 Å². The van der Waals surface area contributed by atoms with Crippen molar-refractivity contribution >= 4 is 0 Å². The van der Waals surface area contributed by atoms with Crippen molar-refractivity contribution in [3.8, 4) is 11.3 Å². The van der Waals surface area contributed by atoms with E-state index in [1.165, 1.54) is 11.8 Å². The lowest BCUT2D eigenvalue weighted by Crippen LogP contribution is -2.04. The fourth-order valence-corrected chi connectivity index (χ4v) is 1.63. The van der Waals surface area contributed by atoms with Gasteiger partial charge in [0.05, 0.1) is 11.9 Å². The Balaban J connectivity index is 2.27. The van der Waals surface area contributed by atoms with E-state index >= 15 is 0 Å². The van der Waals surface area contributed by atoms with Gasteiger partial charge in [0.2, 0.25) is 0 Å². The third kappa shape index (κ3) is 2.37. The molecule has 0 fully saturated rings. The summed E-state index contributed by atoms with van der Waals surface area (Å²) in [4.78, 5) is 17.6. The summed E-state index contributed by atoms with van der Waals surface area (Å²) in [7, 11) is 0. The van der Waals surface area contributed by atoms with Crippen molar-refractivity contribution in [1.29, 1.82) is 0 Å². The molecule has 0 saturated carbocycles. The molecule has 0 atom stereocenters. The molecule has 1 aromatic carbocycles. The van der Waals surface area contributed by atoms with Crippen molar-refractivity contribution in [1.82, 2.24) is 9.97 Å². The summed E-state index contributed by atoms with van der Waals surface area (Å²) in [5, 5.41) is 0. The van der Waals surface area contributed by atoms with Crippen molar-refractivity contribution in [2.75, 3.05) is 0 Å². The Hall–Kier alpha value is -1.90. The Labute approximate surface area is 94.2 Å². The normalized spacial score (nSPS) is 10.3. The number of nitrogens with one attached hydrogen (secondary N) is 1. The van der Waals surface area contributed by atoms with Crippen LogP contribution >= 0.6 is 0 Å². The zero-order chi connectivity index (χ0) is 11.4. The number of aromatic amines is 1. The van der Waals surface area contributed by atoms with Crippen molar-refractivity contribution in [2.24, 2.45) is 0 Å². The Kier molecular flexibility index (Phi) is 3.15. The summed E-state index contributed by atoms with van der Waals surface area (Å²) in [6.07, 6.45) is 5.18. The van der Waals surface area contributed by atoms with Crippen molar-refractivity contribution in [3.05, 3.63) is 52.6 Å². The molecule has 0 spiro atoms. The number of nitrogens with zero attached hydrogens (tertiary/aromatic N) is 1. The quantitative estimate of drug-likeness (QED) is 0.852. The first-order valence-corrected chi connectivity index (χ1v) is 5.43. The third-order valence-electron chi connectivity index (χ3n) is 2.46. The predicted molar refractivity (Wildman–Crippen MR) is 64.3 cm³/mol. The predicted octanol–water partition coefficient (Wildman–Crippen LogP) is 2.39. The second kappa shape index (κ2) is 4.75. The number of rotatable bonds is 3. The number of H-pyrrole nitrogens is 1. The van der Waals surface area contributed by atoms with Crippen LogP contribution in [0, 0.1) is 0 Å². The lowest BCUT2D eigenvalue weighted by Gasteiger charge is -2.02. The van der Waals surface area contributed by atoms with Gasteiger partial charge in [-0.3, -0.25) is 4.79 Å². The first-order valence-electron chi connectivity index (χ1n) is 5.43. The summed E-state index contributed by atoms with van der Waals surface area (Å²) in [6.45, 7) is 2.16. The minimum atomic E-state index is -0.175. The zero-order valence-corrected chi connectivity index (χ0v) is 9.23. The maximum atomic E-state index is 10.9. The van der Waals surface area contributed by atoms with Gasteiger partial charge in [-0.1, -0.05) is 37.6 Å². The molecule has 3 heteroatoms. The number of hydrogen-bond donors (Lipinski definition) is 1. The van der Waals surface area contributed by atoms with Gasteiger partial charge in [0, 0.05) is 11.8 Å². The Morgan fingerprint density at radius 1 is 1.25 bits per heavy atom. The maximum Gasteiger partial charge on any atom is 0.266 e. The van der Waals surface area contributed by atoms with Crippen LogP contribution in [0.4, 0.5) is 0 Å². The number of aromatic nitrogens is 2. The summed E-state index contributed by atoms with van der Waals surface area (Å²) >= 11 is 0. The molecule has 0 aliphatic carbocycles. The van der Waals surface area contributed by atoms with Crippen LogP contribution < -0.4 is 5.56 Å². The van der Waals surface area contributed by atoms with Crippen molar-refractivity contribution < 1.29 is 0 Å². The molecule has 0 radical (unpaired) electrons. The standard InChI is InChI=1S/C13H14N2O/c1-2-3-10-4-6-11(7-5-10)12-8-15-13(16)9-14-12/h4-9H,2-3H2,1H3,(H,15,16). The highest BCUT2D eigenvalue weighted by Gasteiger charge is 1.99. The molecule has 0 unspecified atom stereocenters. The average Bonchev–Trinajstić information content (AvgIpc) is 2.32. The molecular weight excluding hydrogens is 200 g/mol. The molecule has 2 rings (SSSR count). The lowest BCUT2D eigenvalue weighted by atomic mass is 10.1. The Morgan fingerprint density at radius 2 is 2.00 bits per heavy atom. The van der Waals surface area contributed by atoms with Crippen LogP contribution in [-0.4, -0.2) is 9.97 Å². The summed E-state index contributed by atoms with van der Waals surface area (Å²) < 4.78 is 0. The molecule has 0 saturated heterocycles. The highest BCUT2D eigenvalue weighted by molar-refractivity contribution is 5.58. The van der Waals surface area contributed by atoms with Gasteiger partial charge in [-0.15, -0.1) is 0 Å². The van der Waals surface area contributed by atoms with E-state index in [-0.39, 0.29) is 5.56 Å². The van der Waals surface area contributed by atoms with E-state index in [1.54, 1.807) is 6.20 Å². The summed E-state index contributed by atoms with van der Waals surface area (Å²) in [5.74, 6) is 0. The average molecular weight is 214 g/mol. The summed E-state index contributed by atoms with van der Waals surface area (Å²) in [6, 6.07) is 8.27. The topological polar surface area (TPSA) is 45.8 Å². The SMILES string of the molecule is CCCc1ccc(-c2c[nH]c(=O)cn2)cc1. The van der Waals surface area contributed by atoms with E-state index < -0.39 is 0 Å². The van der Waals surface area contributed by atoms with E-state index in [0.29, 0.717) is 0 Å². The van der Waals surface area contributed by atoms with Crippen LogP contribution in [0.2, 0.25) is 0 Å². The zero-order valence-electron chi connectivity index (χ0n) is 9.23. The van der Waals surface area contributed by atoms with Crippen LogP contribution in [-0.2, 0) is 6.42 Å². The lowest BCUT2D eigenvalue weighted by molar-refractivity contribution is 0.922. The van der Waals surface area contributed by atoms with Gasteiger partial charge in [0.1, 0.15) is 0 Å². The Bertz CT molecular complexity index is 494. The Morgan fingerprint density at radius 3 is 2.56 bits per heavy atom. The minimum Gasteiger partial charge on any atom is -0.326 e. The molecule has 16 heavy (non-hydrogen) atoms. The smallest absolute Gasteiger partial charge is 0.266 e. The first kappa shape index (κ1) is 10.6. The van der Waals surface area contributed by atoms with E-state index in [1.807, 2.05) is 12.1 Å². The van der Waals surface area contributed by atoms with Crippen LogP contribution in [0.25, 0.3) is 11.3 Å². The fraction of sp³-hybridized carbons (Fsp3) is 0.231. The molecule has 0 aliphatic heterocycles. The maximum absolute atomic E-state index is 10.9. The third-order valence-corrected chi connectivity index (χ3v) is 2.46. The monoisotopic (exact) mass is 214 g/mol.